The van der Waals surface area contributed by atoms with Crippen LogP contribution in [0, 0.1) is 28.6 Å². The molecule has 4 aliphatic carbocycles. The van der Waals surface area contributed by atoms with E-state index in [4.69, 9.17) is 4.74 Å². The van der Waals surface area contributed by atoms with Crippen molar-refractivity contribution in [3.63, 3.8) is 0 Å². The Morgan fingerprint density at radius 3 is 2.55 bits per heavy atom. The second kappa shape index (κ2) is 6.38. The summed E-state index contributed by atoms with van der Waals surface area (Å²) in [4.78, 5) is 11.8. The number of alkyl halides is 3. The van der Waals surface area contributed by atoms with Crippen LogP contribution < -0.4 is 0 Å². The molecule has 4 aliphatic rings. The van der Waals surface area contributed by atoms with Gasteiger partial charge in [0.1, 0.15) is 11.3 Å². The molecule has 0 radical (unpaired) electrons. The third kappa shape index (κ3) is 2.80. The second-order valence-electron chi connectivity index (χ2n) is 11.0. The Bertz CT molecular complexity index is 967. The standard InChI is InChI=1S/C24H31F3N2O2/c1-13(30)31-23(4)10-8-18-15-6-5-14-11-19-16(20(29-28-19)24(25,26)27)12-21(14,2)17(15)7-9-22(18,23)3/h11,15,17-18H,5-10,12H2,1-4H3,(H,28,29)/t15-,17+,18+,21+,22+,23+/m1/s1. The maximum Gasteiger partial charge on any atom is 0.433 e. The van der Waals surface area contributed by atoms with Crippen LogP contribution in [0.2, 0.25) is 0 Å². The number of halogens is 3. The third-order valence-corrected chi connectivity index (χ3v) is 9.67. The molecule has 1 N–H and O–H groups in total. The van der Waals surface area contributed by atoms with E-state index in [-0.39, 0.29) is 16.8 Å². The van der Waals surface area contributed by atoms with Crippen LogP contribution in [0.25, 0.3) is 6.08 Å². The van der Waals surface area contributed by atoms with Gasteiger partial charge in [-0.05, 0) is 81.1 Å². The molecule has 0 unspecified atom stereocenters. The predicted molar refractivity (Wildman–Crippen MR) is 110 cm³/mol. The highest BCUT2D eigenvalue weighted by atomic mass is 19.4. The topological polar surface area (TPSA) is 55.0 Å². The van der Waals surface area contributed by atoms with Gasteiger partial charge in [-0.25, -0.2) is 0 Å². The molecular weight excluding hydrogens is 405 g/mol. The van der Waals surface area contributed by atoms with Crippen LogP contribution in [0.1, 0.15) is 83.2 Å². The minimum atomic E-state index is -4.42. The van der Waals surface area contributed by atoms with Crippen LogP contribution in [0.15, 0.2) is 5.57 Å². The van der Waals surface area contributed by atoms with Crippen molar-refractivity contribution in [2.75, 3.05) is 0 Å². The van der Waals surface area contributed by atoms with Gasteiger partial charge in [0.25, 0.3) is 0 Å². The fourth-order valence-corrected chi connectivity index (χ4v) is 7.96. The monoisotopic (exact) mass is 436 g/mol. The number of esters is 1. The lowest BCUT2D eigenvalue weighted by molar-refractivity contribution is -0.177. The number of allylic oxidation sites excluding steroid dienone is 1. The van der Waals surface area contributed by atoms with Gasteiger partial charge in [-0.1, -0.05) is 19.4 Å². The highest BCUT2D eigenvalue weighted by Crippen LogP contribution is 2.68. The maximum atomic E-state index is 13.6. The van der Waals surface area contributed by atoms with Crippen molar-refractivity contribution in [1.29, 1.82) is 0 Å². The van der Waals surface area contributed by atoms with E-state index in [1.165, 1.54) is 12.5 Å². The summed E-state index contributed by atoms with van der Waals surface area (Å²) in [6, 6.07) is 0. The van der Waals surface area contributed by atoms with Crippen molar-refractivity contribution in [1.82, 2.24) is 10.2 Å². The molecule has 6 atom stereocenters. The van der Waals surface area contributed by atoms with E-state index in [2.05, 4.69) is 31.0 Å². The van der Waals surface area contributed by atoms with Gasteiger partial charge in [-0.2, -0.15) is 18.3 Å². The van der Waals surface area contributed by atoms with Crippen molar-refractivity contribution in [3.05, 3.63) is 22.5 Å². The SMILES string of the molecule is CC(=O)O[C@@]1(C)CC[C@H]2[C@@H]3CCC4=Cc5n[nH]c(C(F)(F)F)c5C[C@]4(C)[C@H]3CC[C@@]21C. The van der Waals surface area contributed by atoms with Crippen LogP contribution in [0.5, 0.6) is 0 Å². The summed E-state index contributed by atoms with van der Waals surface area (Å²) in [6.45, 7) is 8.01. The third-order valence-electron chi connectivity index (χ3n) is 9.67. The molecule has 1 heterocycles. The molecule has 7 heteroatoms. The predicted octanol–water partition coefficient (Wildman–Crippen LogP) is 5.93. The van der Waals surface area contributed by atoms with Crippen molar-refractivity contribution < 1.29 is 22.7 Å². The molecule has 3 saturated carbocycles. The van der Waals surface area contributed by atoms with Crippen LogP contribution in [0.3, 0.4) is 0 Å². The lowest BCUT2D eigenvalue weighted by atomic mass is 9.46. The van der Waals surface area contributed by atoms with Gasteiger partial charge in [0.05, 0.1) is 5.69 Å². The highest BCUT2D eigenvalue weighted by Gasteiger charge is 2.64. The summed E-state index contributed by atoms with van der Waals surface area (Å²) < 4.78 is 46.6. The van der Waals surface area contributed by atoms with E-state index < -0.39 is 17.5 Å². The average molecular weight is 437 g/mol. The molecule has 0 bridgehead atoms. The number of H-pyrrole nitrogens is 1. The average Bonchev–Trinajstić information content (AvgIpc) is 3.17. The molecule has 1 aromatic rings. The van der Waals surface area contributed by atoms with E-state index in [0.717, 1.165) is 38.5 Å². The van der Waals surface area contributed by atoms with Gasteiger partial charge in [-0.3, -0.25) is 9.89 Å². The zero-order valence-electron chi connectivity index (χ0n) is 18.7. The van der Waals surface area contributed by atoms with Gasteiger partial charge in [-0.15, -0.1) is 0 Å². The number of nitrogens with one attached hydrogen (secondary N) is 1. The van der Waals surface area contributed by atoms with E-state index in [9.17, 15) is 18.0 Å². The molecule has 3 fully saturated rings. The first-order valence-electron chi connectivity index (χ1n) is 11.4. The Balaban J connectivity index is 1.49. The summed E-state index contributed by atoms with van der Waals surface area (Å²) >= 11 is 0. The van der Waals surface area contributed by atoms with Crippen LogP contribution >= 0.6 is 0 Å². The van der Waals surface area contributed by atoms with Crippen LogP contribution in [-0.4, -0.2) is 21.8 Å². The van der Waals surface area contributed by atoms with E-state index >= 15 is 0 Å². The molecule has 0 amide bonds. The molecule has 0 saturated heterocycles. The first-order chi connectivity index (χ1) is 14.4. The lowest BCUT2D eigenvalue weighted by Gasteiger charge is -2.59. The first kappa shape index (κ1) is 21.1. The fourth-order valence-electron chi connectivity index (χ4n) is 7.96. The van der Waals surface area contributed by atoms with Crippen LogP contribution in [-0.2, 0) is 22.1 Å². The maximum absolute atomic E-state index is 13.6. The number of aromatic nitrogens is 2. The normalized spacial score (nSPS) is 41.5. The minimum absolute atomic E-state index is 0.0794. The number of ether oxygens (including phenoxy) is 1. The summed E-state index contributed by atoms with van der Waals surface area (Å²) in [5.41, 5.74) is 0.534. The molecule has 1 aromatic heterocycles. The Morgan fingerprint density at radius 2 is 1.87 bits per heavy atom. The van der Waals surface area contributed by atoms with Crippen molar-refractivity contribution in [2.24, 2.45) is 28.6 Å². The van der Waals surface area contributed by atoms with Crippen LogP contribution in [0.4, 0.5) is 13.2 Å². The second-order valence-corrected chi connectivity index (χ2v) is 11.0. The van der Waals surface area contributed by atoms with E-state index in [1.54, 1.807) is 0 Å². The fraction of sp³-hybridized carbons (Fsp3) is 0.750. The van der Waals surface area contributed by atoms with E-state index in [1.807, 2.05) is 6.08 Å². The summed E-state index contributed by atoms with van der Waals surface area (Å²) in [6.07, 6.45) is 3.63. The number of carbonyl (C=O) groups is 1. The van der Waals surface area contributed by atoms with Gasteiger partial charge in [0, 0.05) is 17.9 Å². The summed E-state index contributed by atoms with van der Waals surface area (Å²) in [7, 11) is 0. The number of hydrogen-bond acceptors (Lipinski definition) is 3. The molecule has 0 aliphatic heterocycles. The highest BCUT2D eigenvalue weighted by molar-refractivity contribution is 5.66. The Hall–Kier alpha value is -1.79. The van der Waals surface area contributed by atoms with Crippen molar-refractivity contribution in [3.8, 4) is 0 Å². The molecule has 31 heavy (non-hydrogen) atoms. The van der Waals surface area contributed by atoms with Crippen molar-refractivity contribution >= 4 is 12.0 Å². The molecule has 4 nitrogen and oxygen atoms in total. The van der Waals surface area contributed by atoms with Gasteiger partial charge in [0.15, 0.2) is 0 Å². The summed E-state index contributed by atoms with van der Waals surface area (Å²) in [5, 5.41) is 6.25. The van der Waals surface area contributed by atoms with Gasteiger partial charge < -0.3 is 4.74 Å². The quantitative estimate of drug-likeness (QED) is 0.555. The largest absolute Gasteiger partial charge is 0.459 e. The van der Waals surface area contributed by atoms with Crippen molar-refractivity contribution in [2.45, 2.75) is 84.4 Å². The van der Waals surface area contributed by atoms with Gasteiger partial charge >= 0.3 is 12.1 Å². The van der Waals surface area contributed by atoms with Gasteiger partial charge in [0.2, 0.25) is 0 Å². The number of hydrogen-bond donors (Lipinski definition) is 1. The number of fused-ring (bicyclic) bond motifs is 6. The molecule has 0 spiro atoms. The Labute approximate surface area is 181 Å². The minimum Gasteiger partial charge on any atom is -0.459 e. The Morgan fingerprint density at radius 1 is 1.16 bits per heavy atom. The first-order valence-corrected chi connectivity index (χ1v) is 11.4. The molecule has 170 valence electrons. The number of nitrogens with zero attached hydrogens (tertiary/aromatic N) is 1. The van der Waals surface area contributed by atoms with E-state index in [0.29, 0.717) is 35.4 Å². The zero-order valence-corrected chi connectivity index (χ0v) is 18.7. The number of rotatable bonds is 1. The number of carbonyl (C=O) groups excluding carboxylic acids is 1. The summed E-state index contributed by atoms with van der Waals surface area (Å²) in [5.74, 6) is 0.990. The number of aromatic amines is 1. The lowest BCUT2D eigenvalue weighted by Crippen LogP contribution is -2.55. The zero-order chi connectivity index (χ0) is 22.4. The smallest absolute Gasteiger partial charge is 0.433 e. The Kier molecular flexibility index (Phi) is 4.34. The molecule has 5 rings (SSSR count). The molecular formula is C24H31F3N2O2. The molecule has 0 aromatic carbocycles.